The zero-order chi connectivity index (χ0) is 11.5. The molecule has 1 unspecified atom stereocenters. The normalized spacial score (nSPS) is 24.2. The van der Waals surface area contributed by atoms with Crippen LogP contribution in [0.25, 0.3) is 0 Å². The second-order valence-corrected chi connectivity index (χ2v) is 4.66. The van der Waals surface area contributed by atoms with E-state index in [9.17, 15) is 4.79 Å². The van der Waals surface area contributed by atoms with Gasteiger partial charge in [-0.15, -0.1) is 17.0 Å². The Labute approximate surface area is 115 Å². The van der Waals surface area contributed by atoms with E-state index in [0.717, 1.165) is 26.1 Å². The van der Waals surface area contributed by atoms with Crippen molar-refractivity contribution in [3.63, 3.8) is 0 Å². The fourth-order valence-electron chi connectivity index (χ4n) is 2.88. The standard InChI is InChI=1S/C13H22N2O.BrH/c1-3-14(4-2)13-10-12(16)9-11-7-5-6-8-15(11)13;/h9,13H,3-8,10H2,1-2H3;1H. The first kappa shape index (κ1) is 14.7. The molecule has 4 heteroatoms. The molecule has 0 aromatic carbocycles. The molecular weight excluding hydrogens is 280 g/mol. The van der Waals surface area contributed by atoms with E-state index in [1.54, 1.807) is 0 Å². The Morgan fingerprint density at radius 1 is 1.35 bits per heavy atom. The quantitative estimate of drug-likeness (QED) is 0.800. The number of carbonyl (C=O) groups excluding carboxylic acids is 1. The van der Waals surface area contributed by atoms with Gasteiger partial charge in [0.25, 0.3) is 0 Å². The summed E-state index contributed by atoms with van der Waals surface area (Å²) in [7, 11) is 0. The van der Waals surface area contributed by atoms with Crippen LogP contribution in [0.1, 0.15) is 39.5 Å². The summed E-state index contributed by atoms with van der Waals surface area (Å²) < 4.78 is 0. The molecule has 2 aliphatic heterocycles. The van der Waals surface area contributed by atoms with Gasteiger partial charge in [-0.05, 0) is 32.4 Å². The third kappa shape index (κ3) is 3.10. The molecule has 2 rings (SSSR count). The average Bonchev–Trinajstić information content (AvgIpc) is 2.30. The molecule has 2 heterocycles. The van der Waals surface area contributed by atoms with Gasteiger partial charge in [0.15, 0.2) is 5.78 Å². The van der Waals surface area contributed by atoms with Crippen LogP contribution in [0.3, 0.4) is 0 Å². The van der Waals surface area contributed by atoms with Crippen LogP contribution in [-0.4, -0.2) is 41.4 Å². The first-order chi connectivity index (χ1) is 7.76. The smallest absolute Gasteiger partial charge is 0.160 e. The Morgan fingerprint density at radius 3 is 2.71 bits per heavy atom. The highest BCUT2D eigenvalue weighted by Gasteiger charge is 2.32. The van der Waals surface area contributed by atoms with Crippen LogP contribution in [0.4, 0.5) is 0 Å². The summed E-state index contributed by atoms with van der Waals surface area (Å²) in [5, 5.41) is 0. The lowest BCUT2D eigenvalue weighted by Crippen LogP contribution is -2.52. The van der Waals surface area contributed by atoms with Crippen molar-refractivity contribution in [1.82, 2.24) is 9.80 Å². The van der Waals surface area contributed by atoms with Crippen molar-refractivity contribution in [2.45, 2.75) is 45.7 Å². The first-order valence-electron chi connectivity index (χ1n) is 6.50. The van der Waals surface area contributed by atoms with E-state index in [-0.39, 0.29) is 17.0 Å². The highest BCUT2D eigenvalue weighted by Crippen LogP contribution is 2.29. The molecule has 0 aromatic rings. The van der Waals surface area contributed by atoms with Crippen molar-refractivity contribution >= 4 is 22.8 Å². The third-order valence-electron chi connectivity index (χ3n) is 3.76. The molecule has 0 N–H and O–H groups in total. The summed E-state index contributed by atoms with van der Waals surface area (Å²) in [6, 6.07) is 0. The minimum absolute atomic E-state index is 0. The van der Waals surface area contributed by atoms with E-state index in [4.69, 9.17) is 0 Å². The lowest BCUT2D eigenvalue weighted by molar-refractivity contribution is -0.119. The van der Waals surface area contributed by atoms with Crippen LogP contribution >= 0.6 is 17.0 Å². The van der Waals surface area contributed by atoms with Gasteiger partial charge in [0.05, 0.1) is 6.17 Å². The number of carbonyl (C=O) groups is 1. The zero-order valence-electron chi connectivity index (χ0n) is 10.8. The summed E-state index contributed by atoms with van der Waals surface area (Å²) >= 11 is 0. The summed E-state index contributed by atoms with van der Waals surface area (Å²) in [5.74, 6) is 0.310. The number of piperidine rings is 1. The minimum atomic E-state index is 0. The molecule has 17 heavy (non-hydrogen) atoms. The van der Waals surface area contributed by atoms with Crippen molar-refractivity contribution in [2.75, 3.05) is 19.6 Å². The fourth-order valence-corrected chi connectivity index (χ4v) is 2.88. The van der Waals surface area contributed by atoms with Gasteiger partial charge in [-0.1, -0.05) is 13.8 Å². The second kappa shape index (κ2) is 6.55. The summed E-state index contributed by atoms with van der Waals surface area (Å²) in [5.41, 5.74) is 1.28. The number of hydrogen-bond donors (Lipinski definition) is 0. The molecule has 0 amide bonds. The van der Waals surface area contributed by atoms with Crippen LogP contribution in [0.15, 0.2) is 11.8 Å². The Balaban J connectivity index is 0.00000144. The predicted octanol–water partition coefficient (Wildman–Crippen LogP) is 2.57. The van der Waals surface area contributed by atoms with Gasteiger partial charge in [-0.2, -0.15) is 0 Å². The number of hydrogen-bond acceptors (Lipinski definition) is 3. The number of halogens is 1. The number of rotatable bonds is 3. The van der Waals surface area contributed by atoms with Crippen LogP contribution in [0, 0.1) is 0 Å². The topological polar surface area (TPSA) is 23.6 Å². The van der Waals surface area contributed by atoms with Crippen molar-refractivity contribution in [3.8, 4) is 0 Å². The molecule has 0 aromatic heterocycles. The van der Waals surface area contributed by atoms with Gasteiger partial charge >= 0.3 is 0 Å². The Morgan fingerprint density at radius 2 is 2.06 bits per heavy atom. The molecule has 0 spiro atoms. The van der Waals surface area contributed by atoms with Crippen LogP contribution < -0.4 is 0 Å². The predicted molar refractivity (Wildman–Crippen MR) is 75.3 cm³/mol. The van der Waals surface area contributed by atoms with E-state index < -0.39 is 0 Å². The largest absolute Gasteiger partial charge is 0.359 e. The zero-order valence-corrected chi connectivity index (χ0v) is 12.5. The summed E-state index contributed by atoms with van der Waals surface area (Å²) in [6.07, 6.45) is 6.46. The van der Waals surface area contributed by atoms with E-state index in [1.165, 1.54) is 18.5 Å². The van der Waals surface area contributed by atoms with E-state index in [2.05, 4.69) is 23.6 Å². The van der Waals surface area contributed by atoms with Gasteiger partial charge in [0, 0.05) is 24.7 Å². The molecule has 2 aliphatic rings. The van der Waals surface area contributed by atoms with Crippen LogP contribution in [0.5, 0.6) is 0 Å². The lowest BCUT2D eigenvalue weighted by Gasteiger charge is -2.45. The average molecular weight is 303 g/mol. The molecule has 3 nitrogen and oxygen atoms in total. The highest BCUT2D eigenvalue weighted by atomic mass is 79.9. The lowest BCUT2D eigenvalue weighted by atomic mass is 9.98. The molecule has 0 bridgehead atoms. The van der Waals surface area contributed by atoms with Gasteiger partial charge in [0.2, 0.25) is 0 Å². The van der Waals surface area contributed by atoms with Gasteiger partial charge in [-0.25, -0.2) is 0 Å². The van der Waals surface area contributed by atoms with Gasteiger partial charge in [0.1, 0.15) is 0 Å². The molecule has 1 fully saturated rings. The highest BCUT2D eigenvalue weighted by molar-refractivity contribution is 8.93. The molecule has 0 aliphatic carbocycles. The van der Waals surface area contributed by atoms with Gasteiger partial charge in [-0.3, -0.25) is 9.69 Å². The Hall–Kier alpha value is -0.350. The number of fused-ring (bicyclic) bond motifs is 1. The monoisotopic (exact) mass is 302 g/mol. The molecule has 1 atom stereocenters. The van der Waals surface area contributed by atoms with Crippen LogP contribution in [0.2, 0.25) is 0 Å². The fraction of sp³-hybridized carbons (Fsp3) is 0.769. The van der Waals surface area contributed by atoms with Crippen molar-refractivity contribution < 1.29 is 4.79 Å². The number of ketones is 1. The maximum absolute atomic E-state index is 11.7. The van der Waals surface area contributed by atoms with E-state index in [0.29, 0.717) is 18.4 Å². The molecule has 0 radical (unpaired) electrons. The summed E-state index contributed by atoms with van der Waals surface area (Å²) in [6.45, 7) is 7.53. The first-order valence-corrected chi connectivity index (χ1v) is 6.50. The summed E-state index contributed by atoms with van der Waals surface area (Å²) in [4.78, 5) is 16.6. The van der Waals surface area contributed by atoms with Gasteiger partial charge < -0.3 is 4.90 Å². The molecular formula is C13H23BrN2O. The van der Waals surface area contributed by atoms with E-state index in [1.807, 2.05) is 6.08 Å². The Bertz CT molecular complexity index is 300. The van der Waals surface area contributed by atoms with Crippen molar-refractivity contribution in [3.05, 3.63) is 11.8 Å². The van der Waals surface area contributed by atoms with Crippen molar-refractivity contribution in [2.24, 2.45) is 0 Å². The minimum Gasteiger partial charge on any atom is -0.359 e. The maximum atomic E-state index is 11.7. The van der Waals surface area contributed by atoms with E-state index >= 15 is 0 Å². The third-order valence-corrected chi connectivity index (χ3v) is 3.76. The number of allylic oxidation sites excluding steroid dienone is 2. The second-order valence-electron chi connectivity index (χ2n) is 4.66. The molecule has 1 saturated heterocycles. The SMILES string of the molecule is Br.CCN(CC)C1CC(=O)C=C2CCCCN21. The molecule has 98 valence electrons. The number of nitrogens with zero attached hydrogens (tertiary/aromatic N) is 2. The van der Waals surface area contributed by atoms with Crippen molar-refractivity contribution in [1.29, 1.82) is 0 Å². The van der Waals surface area contributed by atoms with Crippen LogP contribution in [-0.2, 0) is 4.79 Å². The molecule has 0 saturated carbocycles. The Kier molecular flexibility index (Phi) is 5.67. The maximum Gasteiger partial charge on any atom is 0.160 e.